The monoisotopic (exact) mass is 196 g/mol. The minimum absolute atomic E-state index is 0.312. The maximum Gasteiger partial charge on any atom is 0.0977 e. The molecule has 4 rings (SSSR count). The summed E-state index contributed by atoms with van der Waals surface area (Å²) in [5, 5.41) is 0. The van der Waals surface area contributed by atoms with Crippen LogP contribution in [0.15, 0.2) is 0 Å². The molecule has 0 aromatic heterocycles. The second-order valence-electron chi connectivity index (χ2n) is 5.80. The first-order chi connectivity index (χ1) is 6.80. The van der Waals surface area contributed by atoms with Crippen molar-refractivity contribution in [3.8, 4) is 0 Å². The summed E-state index contributed by atoms with van der Waals surface area (Å²) in [5.41, 5.74) is 4.19. The maximum absolute atomic E-state index is 6.13. The molecule has 0 atom stereocenters. The zero-order chi connectivity index (χ0) is 9.60. The average Bonchev–Trinajstić information content (AvgIpc) is 2.12. The largest absolute Gasteiger partial charge is 0.369 e. The van der Waals surface area contributed by atoms with Gasteiger partial charge >= 0.3 is 0 Å². The fourth-order valence-electron chi connectivity index (χ4n) is 4.50. The minimum atomic E-state index is 0.312. The predicted octanol–water partition coefficient (Wildman–Crippen LogP) is 1.21. The first kappa shape index (κ1) is 9.17. The second-order valence-corrected chi connectivity index (χ2v) is 5.80. The molecule has 0 unspecified atom stereocenters. The van der Waals surface area contributed by atoms with Crippen molar-refractivity contribution in [1.82, 2.24) is 0 Å². The van der Waals surface area contributed by atoms with E-state index in [0.29, 0.717) is 5.60 Å². The molecule has 0 heterocycles. The van der Waals surface area contributed by atoms with Gasteiger partial charge in [-0.2, -0.15) is 0 Å². The van der Waals surface area contributed by atoms with Crippen LogP contribution in [0.4, 0.5) is 0 Å². The Hall–Kier alpha value is -0.0800. The van der Waals surface area contributed by atoms with Gasteiger partial charge < -0.3 is 10.5 Å². The van der Waals surface area contributed by atoms with E-state index < -0.39 is 0 Å². The third kappa shape index (κ3) is 1.40. The van der Waals surface area contributed by atoms with E-state index in [2.05, 4.69) is 5.73 Å². The van der Waals surface area contributed by atoms with Crippen LogP contribution < -0.4 is 5.73 Å². The second kappa shape index (κ2) is 3.21. The van der Waals surface area contributed by atoms with Crippen LogP contribution >= 0.6 is 0 Å². The Balaban J connectivity index is 1.74. The summed E-state index contributed by atoms with van der Waals surface area (Å²) in [6, 6.07) is 0. The molecular formula is C12H22NO+. The van der Waals surface area contributed by atoms with Gasteiger partial charge in [-0.05, 0) is 56.3 Å². The van der Waals surface area contributed by atoms with Crippen molar-refractivity contribution in [2.45, 2.75) is 44.1 Å². The Labute approximate surface area is 86.2 Å². The Morgan fingerprint density at radius 1 is 1.00 bits per heavy atom. The van der Waals surface area contributed by atoms with Gasteiger partial charge in [0.1, 0.15) is 0 Å². The van der Waals surface area contributed by atoms with Crippen LogP contribution in [0.5, 0.6) is 0 Å². The first-order valence-electron chi connectivity index (χ1n) is 6.23. The van der Waals surface area contributed by atoms with Gasteiger partial charge in [-0.3, -0.25) is 0 Å². The maximum atomic E-state index is 6.13. The summed E-state index contributed by atoms with van der Waals surface area (Å²) in [7, 11) is 0. The molecule has 3 N–H and O–H groups in total. The Kier molecular flexibility index (Phi) is 2.10. The molecule has 0 amide bonds. The molecule has 4 aliphatic carbocycles. The van der Waals surface area contributed by atoms with Gasteiger partial charge in [-0.15, -0.1) is 0 Å². The van der Waals surface area contributed by atoms with Crippen LogP contribution in [0.25, 0.3) is 0 Å². The topological polar surface area (TPSA) is 36.9 Å². The highest BCUT2D eigenvalue weighted by Gasteiger charge is 2.51. The van der Waals surface area contributed by atoms with Crippen LogP contribution in [0, 0.1) is 17.8 Å². The van der Waals surface area contributed by atoms with Crippen molar-refractivity contribution >= 4 is 0 Å². The van der Waals surface area contributed by atoms with Crippen LogP contribution in [0.1, 0.15) is 38.5 Å². The van der Waals surface area contributed by atoms with Crippen molar-refractivity contribution < 1.29 is 10.5 Å². The highest BCUT2D eigenvalue weighted by atomic mass is 16.5. The highest BCUT2D eigenvalue weighted by molar-refractivity contribution is 5.02. The van der Waals surface area contributed by atoms with E-state index in [1.807, 2.05) is 0 Å². The van der Waals surface area contributed by atoms with Gasteiger partial charge in [0.15, 0.2) is 0 Å². The van der Waals surface area contributed by atoms with Crippen molar-refractivity contribution in [3.05, 3.63) is 0 Å². The molecule has 0 aromatic rings. The van der Waals surface area contributed by atoms with Gasteiger partial charge in [-0.25, -0.2) is 0 Å². The molecule has 2 nitrogen and oxygen atoms in total. The van der Waals surface area contributed by atoms with Crippen LogP contribution in [0.2, 0.25) is 0 Å². The molecule has 0 radical (unpaired) electrons. The van der Waals surface area contributed by atoms with Gasteiger partial charge in [0.05, 0.1) is 18.8 Å². The van der Waals surface area contributed by atoms with Crippen LogP contribution in [0.3, 0.4) is 0 Å². The minimum Gasteiger partial charge on any atom is -0.369 e. The molecular weight excluding hydrogens is 174 g/mol. The van der Waals surface area contributed by atoms with Crippen molar-refractivity contribution in [1.29, 1.82) is 0 Å². The zero-order valence-electron chi connectivity index (χ0n) is 9.00. The van der Waals surface area contributed by atoms with E-state index >= 15 is 0 Å². The third-order valence-electron chi connectivity index (χ3n) is 4.53. The number of quaternary nitrogens is 1. The van der Waals surface area contributed by atoms with Gasteiger partial charge in [-0.1, -0.05) is 0 Å². The molecule has 80 valence electrons. The molecule has 0 aromatic carbocycles. The van der Waals surface area contributed by atoms with Gasteiger partial charge in [0.25, 0.3) is 0 Å². The molecule has 4 fully saturated rings. The Bertz CT molecular complexity index is 191. The lowest BCUT2D eigenvalue weighted by Crippen LogP contribution is -2.56. The lowest BCUT2D eigenvalue weighted by Gasteiger charge is -2.56. The van der Waals surface area contributed by atoms with E-state index in [4.69, 9.17) is 4.74 Å². The summed E-state index contributed by atoms with van der Waals surface area (Å²) < 4.78 is 6.13. The Morgan fingerprint density at radius 3 is 1.93 bits per heavy atom. The quantitative estimate of drug-likeness (QED) is 0.724. The lowest BCUT2D eigenvalue weighted by atomic mass is 9.54. The fourth-order valence-corrected chi connectivity index (χ4v) is 4.50. The molecule has 14 heavy (non-hydrogen) atoms. The summed E-state index contributed by atoms with van der Waals surface area (Å²) in [6.45, 7) is 1.81. The Morgan fingerprint density at radius 2 is 1.50 bits per heavy atom. The smallest absolute Gasteiger partial charge is 0.0977 e. The molecule has 4 bridgehead atoms. The van der Waals surface area contributed by atoms with Crippen LogP contribution in [-0.4, -0.2) is 18.8 Å². The van der Waals surface area contributed by atoms with Crippen molar-refractivity contribution in [3.63, 3.8) is 0 Å². The van der Waals surface area contributed by atoms with Crippen molar-refractivity contribution in [2.75, 3.05) is 13.2 Å². The van der Waals surface area contributed by atoms with E-state index in [1.54, 1.807) is 0 Å². The summed E-state index contributed by atoms with van der Waals surface area (Å²) >= 11 is 0. The fraction of sp³-hybridized carbons (Fsp3) is 1.00. The van der Waals surface area contributed by atoms with Gasteiger partial charge in [0, 0.05) is 0 Å². The normalized spacial score (nSPS) is 49.9. The SMILES string of the molecule is [NH3+]CCOC12CC3CC(CC(C3)C1)C2. The van der Waals surface area contributed by atoms with E-state index in [9.17, 15) is 0 Å². The lowest BCUT2D eigenvalue weighted by molar-refractivity contribution is -0.379. The number of rotatable bonds is 3. The van der Waals surface area contributed by atoms with Gasteiger partial charge in [0.2, 0.25) is 0 Å². The predicted molar refractivity (Wildman–Crippen MR) is 54.6 cm³/mol. The van der Waals surface area contributed by atoms with E-state index in [0.717, 1.165) is 30.9 Å². The summed E-state index contributed by atoms with van der Waals surface area (Å²) in [5.74, 6) is 3.02. The summed E-state index contributed by atoms with van der Waals surface area (Å²) in [6.07, 6.45) is 8.60. The number of hydrogen-bond donors (Lipinski definition) is 1. The van der Waals surface area contributed by atoms with E-state index in [1.165, 1.54) is 38.5 Å². The standard InChI is InChI=1S/C12H21NO/c13-1-2-14-12-6-9-3-10(7-12)5-11(4-9)8-12/h9-11H,1-8,13H2/p+1. The molecule has 0 saturated heterocycles. The highest BCUT2D eigenvalue weighted by Crippen LogP contribution is 2.56. The molecule has 0 aliphatic heterocycles. The number of hydrogen-bond acceptors (Lipinski definition) is 1. The van der Waals surface area contributed by atoms with Crippen LogP contribution in [-0.2, 0) is 4.74 Å². The molecule has 4 aliphatic rings. The summed E-state index contributed by atoms with van der Waals surface area (Å²) in [4.78, 5) is 0. The third-order valence-corrected chi connectivity index (χ3v) is 4.53. The molecule has 0 spiro atoms. The van der Waals surface area contributed by atoms with Crippen molar-refractivity contribution in [2.24, 2.45) is 17.8 Å². The average molecular weight is 196 g/mol. The number of ether oxygens (including phenoxy) is 1. The molecule has 2 heteroatoms. The molecule has 4 saturated carbocycles. The zero-order valence-corrected chi connectivity index (χ0v) is 9.00. The first-order valence-corrected chi connectivity index (χ1v) is 6.23. The van der Waals surface area contributed by atoms with E-state index in [-0.39, 0.29) is 0 Å².